The first-order valence-electron chi connectivity index (χ1n) is 6.53. The number of pyridine rings is 1. The van der Waals surface area contributed by atoms with E-state index < -0.39 is 5.60 Å². The van der Waals surface area contributed by atoms with E-state index in [0.29, 0.717) is 13.2 Å². The van der Waals surface area contributed by atoms with E-state index in [1.54, 1.807) is 17.3 Å². The lowest BCUT2D eigenvalue weighted by Gasteiger charge is -2.29. The zero-order chi connectivity index (χ0) is 14.9. The third-order valence-electron chi connectivity index (χ3n) is 2.90. The first-order chi connectivity index (χ1) is 9.28. The molecule has 0 unspecified atom stereocenters. The third kappa shape index (κ3) is 3.42. The van der Waals surface area contributed by atoms with Crippen molar-refractivity contribution < 1.29 is 14.3 Å². The van der Waals surface area contributed by atoms with E-state index in [9.17, 15) is 4.79 Å². The summed E-state index contributed by atoms with van der Waals surface area (Å²) in [5.74, 6) is 0.748. The van der Waals surface area contributed by atoms with Crippen LogP contribution < -0.4 is 4.74 Å². The van der Waals surface area contributed by atoms with Crippen LogP contribution in [0.3, 0.4) is 0 Å². The predicted octanol–water partition coefficient (Wildman–Crippen LogP) is 3.36. The second-order valence-corrected chi connectivity index (χ2v) is 6.73. The third-order valence-corrected chi connectivity index (χ3v) is 3.46. The molecule has 0 aliphatic carbocycles. The second-order valence-electron chi connectivity index (χ2n) is 5.88. The van der Waals surface area contributed by atoms with Gasteiger partial charge in [0.2, 0.25) is 0 Å². The van der Waals surface area contributed by atoms with Crippen molar-refractivity contribution in [3.05, 3.63) is 22.4 Å². The maximum Gasteiger partial charge on any atom is 0.410 e. The van der Waals surface area contributed by atoms with Crippen LogP contribution in [0.1, 0.15) is 33.3 Å². The summed E-state index contributed by atoms with van der Waals surface area (Å²) in [5, 5.41) is 0. The minimum absolute atomic E-state index is 0.0656. The van der Waals surface area contributed by atoms with E-state index in [0.717, 1.165) is 15.8 Å². The molecule has 0 saturated heterocycles. The Bertz CT molecular complexity index is 514. The van der Waals surface area contributed by atoms with Crippen LogP contribution in [-0.2, 0) is 11.3 Å². The highest BCUT2D eigenvalue weighted by molar-refractivity contribution is 9.10. The van der Waals surface area contributed by atoms with Crippen molar-refractivity contribution in [3.63, 3.8) is 0 Å². The van der Waals surface area contributed by atoms with E-state index in [1.165, 1.54) is 0 Å². The summed E-state index contributed by atoms with van der Waals surface area (Å²) < 4.78 is 12.0. The normalized spacial score (nSPS) is 18.9. The molecule has 1 atom stereocenters. The molecule has 1 aromatic heterocycles. The summed E-state index contributed by atoms with van der Waals surface area (Å²) >= 11 is 3.42. The van der Waals surface area contributed by atoms with Gasteiger partial charge in [-0.25, -0.2) is 4.79 Å². The number of ether oxygens (including phenoxy) is 2. The van der Waals surface area contributed by atoms with Crippen LogP contribution >= 0.6 is 15.9 Å². The maximum absolute atomic E-state index is 12.3. The zero-order valence-electron chi connectivity index (χ0n) is 12.1. The van der Waals surface area contributed by atoms with Crippen molar-refractivity contribution >= 4 is 22.0 Å². The van der Waals surface area contributed by atoms with Gasteiger partial charge < -0.3 is 9.47 Å². The quantitative estimate of drug-likeness (QED) is 0.725. The second kappa shape index (κ2) is 5.60. The van der Waals surface area contributed by atoms with Gasteiger partial charge in [0.25, 0.3) is 0 Å². The summed E-state index contributed by atoms with van der Waals surface area (Å²) in [5.41, 5.74) is 0.358. The van der Waals surface area contributed by atoms with Gasteiger partial charge >= 0.3 is 6.09 Å². The number of hydrogen-bond acceptors (Lipinski definition) is 4. The highest BCUT2D eigenvalue weighted by Gasteiger charge is 2.30. The molecule has 1 aliphatic heterocycles. The topological polar surface area (TPSA) is 51.7 Å². The van der Waals surface area contributed by atoms with Crippen LogP contribution in [0, 0.1) is 0 Å². The van der Waals surface area contributed by atoms with Crippen LogP contribution in [0.2, 0.25) is 0 Å². The average molecular weight is 343 g/mol. The first kappa shape index (κ1) is 15.1. The smallest absolute Gasteiger partial charge is 0.410 e. The Kier molecular flexibility index (Phi) is 4.22. The predicted molar refractivity (Wildman–Crippen MR) is 78.7 cm³/mol. The average Bonchev–Trinajstić information content (AvgIpc) is 2.48. The molecule has 0 N–H and O–H groups in total. The highest BCUT2D eigenvalue weighted by atomic mass is 79.9. The summed E-state index contributed by atoms with van der Waals surface area (Å²) in [6, 6.07) is -0.0656. The van der Waals surface area contributed by atoms with Gasteiger partial charge in [0.1, 0.15) is 18.0 Å². The molecule has 1 aromatic rings. The molecule has 5 nitrogen and oxygen atoms in total. The van der Waals surface area contributed by atoms with Gasteiger partial charge in [0, 0.05) is 18.0 Å². The van der Waals surface area contributed by atoms with E-state index in [1.807, 2.05) is 27.7 Å². The van der Waals surface area contributed by atoms with Gasteiger partial charge in [-0.3, -0.25) is 9.88 Å². The summed E-state index contributed by atoms with van der Waals surface area (Å²) in [6.07, 6.45) is 3.07. The fraction of sp³-hybridized carbons (Fsp3) is 0.571. The molecule has 2 heterocycles. The molecule has 1 aliphatic rings. The molecule has 1 amide bonds. The molecular formula is C14H19BrN2O3. The van der Waals surface area contributed by atoms with Gasteiger partial charge in [0.05, 0.1) is 17.1 Å². The largest absolute Gasteiger partial charge is 0.490 e. The molecule has 2 rings (SSSR count). The number of fused-ring (bicyclic) bond motifs is 1. The lowest BCUT2D eigenvalue weighted by molar-refractivity contribution is 0.0132. The SMILES string of the molecule is C[C@@H]1COc2c(Br)cncc2CN1C(=O)OC(C)(C)C. The molecule has 0 bridgehead atoms. The van der Waals surface area contributed by atoms with Crippen LogP contribution in [0.15, 0.2) is 16.9 Å². The number of carbonyl (C=O) groups excluding carboxylic acids is 1. The standard InChI is InChI=1S/C14H19BrN2O3/c1-9-8-19-12-10(5-16-6-11(12)15)7-17(9)13(18)20-14(2,3)4/h5-6,9H,7-8H2,1-4H3/t9-/m1/s1. The van der Waals surface area contributed by atoms with Crippen molar-refractivity contribution in [2.24, 2.45) is 0 Å². The number of aromatic nitrogens is 1. The Labute approximate surface area is 127 Å². The molecule has 0 saturated carbocycles. The maximum atomic E-state index is 12.3. The molecule has 0 fully saturated rings. The van der Waals surface area contributed by atoms with Gasteiger partial charge in [-0.1, -0.05) is 0 Å². The van der Waals surface area contributed by atoms with E-state index in [4.69, 9.17) is 9.47 Å². The van der Waals surface area contributed by atoms with Crippen LogP contribution in [-0.4, -0.2) is 34.2 Å². The molecule has 20 heavy (non-hydrogen) atoms. The number of hydrogen-bond donors (Lipinski definition) is 0. The fourth-order valence-electron chi connectivity index (χ4n) is 1.94. The number of rotatable bonds is 0. The van der Waals surface area contributed by atoms with Gasteiger partial charge in [0.15, 0.2) is 0 Å². The van der Waals surface area contributed by atoms with Crippen LogP contribution in [0.25, 0.3) is 0 Å². The van der Waals surface area contributed by atoms with Gasteiger partial charge in [-0.15, -0.1) is 0 Å². The zero-order valence-corrected chi connectivity index (χ0v) is 13.7. The van der Waals surface area contributed by atoms with E-state index >= 15 is 0 Å². The van der Waals surface area contributed by atoms with Crippen molar-refractivity contribution in [1.29, 1.82) is 0 Å². The molecule has 0 spiro atoms. The Morgan fingerprint density at radius 2 is 2.20 bits per heavy atom. The minimum Gasteiger partial charge on any atom is -0.490 e. The van der Waals surface area contributed by atoms with Crippen molar-refractivity contribution in [2.45, 2.75) is 45.9 Å². The first-order valence-corrected chi connectivity index (χ1v) is 7.32. The number of nitrogens with zero attached hydrogens (tertiary/aromatic N) is 2. The summed E-state index contributed by atoms with van der Waals surface area (Å²) in [7, 11) is 0. The number of carbonyl (C=O) groups is 1. The summed E-state index contributed by atoms with van der Waals surface area (Å²) in [6.45, 7) is 8.37. The lowest BCUT2D eigenvalue weighted by Crippen LogP contribution is -2.42. The van der Waals surface area contributed by atoms with Crippen molar-refractivity contribution in [2.75, 3.05) is 6.61 Å². The summed E-state index contributed by atoms with van der Waals surface area (Å²) in [4.78, 5) is 18.1. The molecule has 0 aromatic carbocycles. The molecule has 6 heteroatoms. The highest BCUT2D eigenvalue weighted by Crippen LogP contribution is 2.32. The minimum atomic E-state index is -0.512. The van der Waals surface area contributed by atoms with Crippen LogP contribution in [0.5, 0.6) is 5.75 Å². The van der Waals surface area contributed by atoms with Gasteiger partial charge in [-0.2, -0.15) is 0 Å². The van der Waals surface area contributed by atoms with Crippen LogP contribution in [0.4, 0.5) is 4.79 Å². The number of halogens is 1. The molecular weight excluding hydrogens is 324 g/mol. The van der Waals surface area contributed by atoms with E-state index in [-0.39, 0.29) is 12.1 Å². The molecule has 110 valence electrons. The lowest BCUT2D eigenvalue weighted by atomic mass is 10.2. The van der Waals surface area contributed by atoms with Crippen molar-refractivity contribution in [3.8, 4) is 5.75 Å². The Morgan fingerprint density at radius 3 is 2.85 bits per heavy atom. The van der Waals surface area contributed by atoms with E-state index in [2.05, 4.69) is 20.9 Å². The fourth-order valence-corrected chi connectivity index (χ4v) is 2.42. The van der Waals surface area contributed by atoms with Gasteiger partial charge in [-0.05, 0) is 43.6 Å². The Morgan fingerprint density at radius 1 is 1.50 bits per heavy atom. The Balaban J connectivity index is 2.24. The molecule has 0 radical (unpaired) electrons. The van der Waals surface area contributed by atoms with Crippen molar-refractivity contribution in [1.82, 2.24) is 9.88 Å². The number of amides is 1. The monoisotopic (exact) mass is 342 g/mol. The Hall–Kier alpha value is -1.30.